The van der Waals surface area contributed by atoms with Gasteiger partial charge in [0.25, 0.3) is 5.56 Å². The number of hydrogen-bond donors (Lipinski definition) is 2. The summed E-state index contributed by atoms with van der Waals surface area (Å²) in [7, 11) is 0. The first-order valence-electron chi connectivity index (χ1n) is 9.08. The average Bonchev–Trinajstić information content (AvgIpc) is 3.06. The van der Waals surface area contributed by atoms with Gasteiger partial charge in [0.1, 0.15) is 16.5 Å². The first kappa shape index (κ1) is 17.5. The monoisotopic (exact) mass is 400 g/mol. The molecule has 1 aromatic carbocycles. The van der Waals surface area contributed by atoms with E-state index in [1.54, 1.807) is 0 Å². The number of nitrogens with two attached hydrogens (primary N) is 1. The molecule has 3 N–H and O–H groups in total. The van der Waals surface area contributed by atoms with Gasteiger partial charge in [-0.25, -0.2) is 4.98 Å². The quantitative estimate of drug-likeness (QED) is 0.503. The van der Waals surface area contributed by atoms with Gasteiger partial charge in [-0.05, 0) is 31.0 Å². The summed E-state index contributed by atoms with van der Waals surface area (Å²) >= 11 is 1.45. The number of fused-ring (bicyclic) bond motifs is 5. The van der Waals surface area contributed by atoms with Crippen LogP contribution in [0.25, 0.3) is 20.4 Å². The van der Waals surface area contributed by atoms with Gasteiger partial charge >= 0.3 is 0 Å². The zero-order valence-electron chi connectivity index (χ0n) is 15.7. The summed E-state index contributed by atoms with van der Waals surface area (Å²) in [5.41, 5.74) is 9.93. The second-order valence-electron chi connectivity index (χ2n) is 7.10. The number of aromatic amines is 1. The van der Waals surface area contributed by atoms with Gasteiger partial charge in [0, 0.05) is 11.1 Å². The third-order valence-electron chi connectivity index (χ3n) is 5.23. The molecule has 0 aliphatic carbocycles. The van der Waals surface area contributed by atoms with Crippen molar-refractivity contribution in [1.29, 1.82) is 5.26 Å². The van der Waals surface area contributed by atoms with E-state index < -0.39 is 5.92 Å². The lowest BCUT2D eigenvalue weighted by Crippen LogP contribution is -2.27. The molecule has 0 radical (unpaired) electrons. The number of pyridine rings is 2. The third-order valence-corrected chi connectivity index (χ3v) is 6.31. The second kappa shape index (κ2) is 6.19. The maximum Gasteiger partial charge on any atom is 0.256 e. The summed E-state index contributed by atoms with van der Waals surface area (Å²) in [6.45, 7) is 3.94. The van der Waals surface area contributed by atoms with E-state index in [1.165, 1.54) is 11.3 Å². The van der Waals surface area contributed by atoms with Crippen LogP contribution in [0.4, 0.5) is 0 Å². The standard InChI is InChI=1S/C22H16N4O2S/c1-10-8-11(2)25-22-14(10)17-19(29-22)18-16(21(27)26-17)15(12-6-4-3-5-7-12)13(9-23)20(24)28-18/h3-8,15H,24H2,1-2H3,(H,26,27)/t15-/m0/s1. The van der Waals surface area contributed by atoms with Gasteiger partial charge in [0.2, 0.25) is 5.88 Å². The highest BCUT2D eigenvalue weighted by molar-refractivity contribution is 7.25. The van der Waals surface area contributed by atoms with Crippen molar-refractivity contribution < 1.29 is 4.74 Å². The normalized spacial score (nSPS) is 16.0. The predicted molar refractivity (Wildman–Crippen MR) is 113 cm³/mol. The lowest BCUT2D eigenvalue weighted by molar-refractivity contribution is 0.397. The van der Waals surface area contributed by atoms with E-state index in [9.17, 15) is 10.1 Å². The number of ether oxygens (including phenoxy) is 1. The molecule has 0 spiro atoms. The number of nitrogens with one attached hydrogen (secondary N) is 1. The number of hydrogen-bond acceptors (Lipinski definition) is 6. The number of rotatable bonds is 1. The summed E-state index contributed by atoms with van der Waals surface area (Å²) in [5, 5.41) is 10.6. The Balaban J connectivity index is 1.91. The molecule has 142 valence electrons. The topological polar surface area (TPSA) is 105 Å². The molecule has 0 saturated heterocycles. The molecule has 6 nitrogen and oxygen atoms in total. The molecule has 1 aliphatic rings. The maximum atomic E-state index is 13.2. The van der Waals surface area contributed by atoms with Crippen LogP contribution in [0.3, 0.4) is 0 Å². The van der Waals surface area contributed by atoms with Crippen molar-refractivity contribution in [2.75, 3.05) is 0 Å². The Morgan fingerprint density at radius 2 is 2.03 bits per heavy atom. The van der Waals surface area contributed by atoms with Crippen LogP contribution in [-0.4, -0.2) is 9.97 Å². The van der Waals surface area contributed by atoms with Crippen molar-refractivity contribution in [3.05, 3.63) is 80.6 Å². The Morgan fingerprint density at radius 1 is 1.28 bits per heavy atom. The van der Waals surface area contributed by atoms with E-state index in [1.807, 2.05) is 50.2 Å². The minimum absolute atomic E-state index is 0.0269. The van der Waals surface area contributed by atoms with Gasteiger partial charge in [0.05, 0.1) is 21.7 Å². The lowest BCUT2D eigenvalue weighted by atomic mass is 9.84. The van der Waals surface area contributed by atoms with Crippen LogP contribution >= 0.6 is 11.3 Å². The molecule has 0 unspecified atom stereocenters. The van der Waals surface area contributed by atoms with Crippen molar-refractivity contribution in [3.63, 3.8) is 0 Å². The van der Waals surface area contributed by atoms with Crippen LogP contribution in [0.5, 0.6) is 5.75 Å². The first-order valence-corrected chi connectivity index (χ1v) is 9.90. The van der Waals surface area contributed by atoms with Crippen molar-refractivity contribution in [1.82, 2.24) is 9.97 Å². The lowest BCUT2D eigenvalue weighted by Gasteiger charge is -2.25. The van der Waals surface area contributed by atoms with Gasteiger partial charge in [-0.2, -0.15) is 5.26 Å². The smallest absolute Gasteiger partial charge is 0.256 e. The number of nitrogens with zero attached hydrogens (tertiary/aromatic N) is 2. The van der Waals surface area contributed by atoms with Crippen molar-refractivity contribution >= 4 is 31.8 Å². The van der Waals surface area contributed by atoms with Crippen LogP contribution in [0, 0.1) is 25.2 Å². The average molecular weight is 400 g/mol. The van der Waals surface area contributed by atoms with Crippen LogP contribution in [0.1, 0.15) is 28.3 Å². The van der Waals surface area contributed by atoms with Crippen molar-refractivity contribution in [2.24, 2.45) is 5.73 Å². The van der Waals surface area contributed by atoms with E-state index in [4.69, 9.17) is 10.5 Å². The molecule has 4 heterocycles. The van der Waals surface area contributed by atoms with E-state index >= 15 is 0 Å². The fourth-order valence-electron chi connectivity index (χ4n) is 4.04. The van der Waals surface area contributed by atoms with E-state index in [0.717, 1.165) is 31.7 Å². The summed E-state index contributed by atoms with van der Waals surface area (Å²) in [6, 6.07) is 13.5. The van der Waals surface area contributed by atoms with E-state index in [2.05, 4.69) is 16.0 Å². The molecule has 29 heavy (non-hydrogen) atoms. The zero-order chi connectivity index (χ0) is 20.3. The number of nitriles is 1. The number of allylic oxidation sites excluding steroid dienone is 1. The van der Waals surface area contributed by atoms with Crippen molar-refractivity contribution in [2.45, 2.75) is 19.8 Å². The fourth-order valence-corrected chi connectivity index (χ4v) is 5.29. The van der Waals surface area contributed by atoms with Gasteiger partial charge < -0.3 is 15.5 Å². The third kappa shape index (κ3) is 2.46. The Bertz CT molecular complexity index is 1440. The van der Waals surface area contributed by atoms with Crippen LogP contribution in [0.2, 0.25) is 0 Å². The highest BCUT2D eigenvalue weighted by Gasteiger charge is 2.35. The Morgan fingerprint density at radius 3 is 2.76 bits per heavy atom. The minimum atomic E-state index is -0.584. The molecule has 0 fully saturated rings. The highest BCUT2D eigenvalue weighted by atomic mass is 32.1. The van der Waals surface area contributed by atoms with Crippen LogP contribution < -0.4 is 16.0 Å². The molecular weight excluding hydrogens is 384 g/mol. The second-order valence-corrected chi connectivity index (χ2v) is 8.10. The molecule has 0 amide bonds. The number of H-pyrrole nitrogens is 1. The molecular formula is C22H16N4O2S. The largest absolute Gasteiger partial charge is 0.438 e. The molecule has 5 rings (SSSR count). The number of thiophene rings is 1. The Labute approximate surface area is 169 Å². The van der Waals surface area contributed by atoms with Crippen molar-refractivity contribution in [3.8, 4) is 11.8 Å². The maximum absolute atomic E-state index is 13.2. The molecule has 7 heteroatoms. The van der Waals surface area contributed by atoms with E-state index in [-0.39, 0.29) is 17.0 Å². The van der Waals surface area contributed by atoms with Gasteiger partial charge in [0.15, 0.2) is 5.75 Å². The molecule has 1 aliphatic heterocycles. The minimum Gasteiger partial charge on any atom is -0.438 e. The molecule has 1 atom stereocenters. The molecule has 0 saturated carbocycles. The van der Waals surface area contributed by atoms with E-state index in [0.29, 0.717) is 16.8 Å². The Kier molecular flexibility index (Phi) is 3.73. The molecule has 0 bridgehead atoms. The van der Waals surface area contributed by atoms with Gasteiger partial charge in [-0.3, -0.25) is 4.79 Å². The Hall–Kier alpha value is -3.63. The van der Waals surface area contributed by atoms with Gasteiger partial charge in [-0.15, -0.1) is 11.3 Å². The molecule has 4 aromatic rings. The van der Waals surface area contributed by atoms with Gasteiger partial charge in [-0.1, -0.05) is 30.3 Å². The fraction of sp³-hybridized carbons (Fsp3) is 0.136. The predicted octanol–water partition coefficient (Wildman–Crippen LogP) is 3.97. The molecule has 3 aromatic heterocycles. The first-order chi connectivity index (χ1) is 14.0. The summed E-state index contributed by atoms with van der Waals surface area (Å²) < 4.78 is 6.65. The number of aryl methyl sites for hydroxylation is 2. The summed E-state index contributed by atoms with van der Waals surface area (Å²) in [4.78, 5) is 21.7. The van der Waals surface area contributed by atoms with Crippen LogP contribution in [0.15, 0.2) is 52.6 Å². The SMILES string of the molecule is Cc1cc(C)c2c(n1)sc1c3c(c(=O)[nH]c12)[C@@H](c1ccccc1)C(C#N)=C(N)O3. The highest BCUT2D eigenvalue weighted by Crippen LogP contribution is 2.46. The summed E-state index contributed by atoms with van der Waals surface area (Å²) in [6.07, 6.45) is 0. The summed E-state index contributed by atoms with van der Waals surface area (Å²) in [5.74, 6) is -0.146. The number of aromatic nitrogens is 2. The zero-order valence-corrected chi connectivity index (χ0v) is 16.6. The van der Waals surface area contributed by atoms with Crippen LogP contribution in [-0.2, 0) is 0 Å². The number of benzene rings is 1.